The number of hydrogen-bond donors (Lipinski definition) is 1. The van der Waals surface area contributed by atoms with Gasteiger partial charge in [0.2, 0.25) is 0 Å². The largest absolute Gasteiger partial charge is 0.391 e. The number of nitrogens with zero attached hydrogens (tertiary/aromatic N) is 2. The standard InChI is InChI=1S/C15H17FN2O/c1-18(10-8-12-5-2-3-9-17-12)15-7-4-6-14(16)13(15)11-19/h2-7,9,19H,8,10-11H2,1H3. The van der Waals surface area contributed by atoms with E-state index >= 15 is 0 Å². The van der Waals surface area contributed by atoms with Crippen LogP contribution in [0.5, 0.6) is 0 Å². The molecular weight excluding hydrogens is 243 g/mol. The molecule has 0 bridgehead atoms. The van der Waals surface area contributed by atoms with E-state index in [0.29, 0.717) is 12.1 Å². The van der Waals surface area contributed by atoms with E-state index in [0.717, 1.165) is 17.8 Å². The van der Waals surface area contributed by atoms with Gasteiger partial charge in [-0.2, -0.15) is 0 Å². The van der Waals surface area contributed by atoms with Crippen LogP contribution in [-0.2, 0) is 13.0 Å². The van der Waals surface area contributed by atoms with Crippen molar-refractivity contribution in [2.75, 3.05) is 18.5 Å². The molecule has 100 valence electrons. The van der Waals surface area contributed by atoms with Crippen LogP contribution < -0.4 is 4.90 Å². The third-order valence-corrected chi connectivity index (χ3v) is 3.09. The first-order valence-corrected chi connectivity index (χ1v) is 6.21. The number of aliphatic hydroxyl groups excluding tert-OH is 1. The first-order valence-electron chi connectivity index (χ1n) is 6.21. The van der Waals surface area contributed by atoms with Crippen LogP contribution in [0.1, 0.15) is 11.3 Å². The highest BCUT2D eigenvalue weighted by Crippen LogP contribution is 2.22. The van der Waals surface area contributed by atoms with Gasteiger partial charge in [0.05, 0.1) is 6.61 Å². The lowest BCUT2D eigenvalue weighted by Gasteiger charge is -2.22. The first-order chi connectivity index (χ1) is 9.22. The lowest BCUT2D eigenvalue weighted by atomic mass is 10.1. The van der Waals surface area contributed by atoms with Crippen molar-refractivity contribution in [1.82, 2.24) is 4.98 Å². The minimum Gasteiger partial charge on any atom is -0.391 e. The Labute approximate surface area is 112 Å². The van der Waals surface area contributed by atoms with E-state index < -0.39 is 0 Å². The predicted octanol–water partition coefficient (Wildman–Crippen LogP) is 2.39. The van der Waals surface area contributed by atoms with Gasteiger partial charge < -0.3 is 10.0 Å². The number of likely N-dealkylation sites (N-methyl/N-ethyl adjacent to an activating group) is 1. The zero-order valence-corrected chi connectivity index (χ0v) is 10.9. The molecule has 2 aromatic rings. The first kappa shape index (κ1) is 13.5. The average Bonchev–Trinajstić information content (AvgIpc) is 2.45. The summed E-state index contributed by atoms with van der Waals surface area (Å²) in [5.41, 5.74) is 2.06. The van der Waals surface area contributed by atoms with E-state index in [1.807, 2.05) is 36.2 Å². The van der Waals surface area contributed by atoms with E-state index in [4.69, 9.17) is 0 Å². The van der Waals surface area contributed by atoms with E-state index in [-0.39, 0.29) is 12.4 Å². The van der Waals surface area contributed by atoms with Crippen LogP contribution in [0.25, 0.3) is 0 Å². The number of hydrogen-bond acceptors (Lipinski definition) is 3. The molecule has 2 rings (SSSR count). The highest BCUT2D eigenvalue weighted by molar-refractivity contribution is 5.53. The molecule has 1 aromatic heterocycles. The van der Waals surface area contributed by atoms with Crippen molar-refractivity contribution >= 4 is 5.69 Å². The molecule has 1 N–H and O–H groups in total. The molecule has 0 radical (unpaired) electrons. The molecule has 0 fully saturated rings. The molecule has 1 heterocycles. The Morgan fingerprint density at radius 3 is 2.74 bits per heavy atom. The van der Waals surface area contributed by atoms with Crippen molar-refractivity contribution < 1.29 is 9.50 Å². The van der Waals surface area contributed by atoms with Crippen molar-refractivity contribution in [2.24, 2.45) is 0 Å². The minimum absolute atomic E-state index is 0.296. The number of aromatic nitrogens is 1. The highest BCUT2D eigenvalue weighted by atomic mass is 19.1. The second kappa shape index (κ2) is 6.29. The van der Waals surface area contributed by atoms with Crippen LogP contribution in [0.3, 0.4) is 0 Å². The highest BCUT2D eigenvalue weighted by Gasteiger charge is 2.11. The number of benzene rings is 1. The molecule has 0 amide bonds. The van der Waals surface area contributed by atoms with E-state index in [9.17, 15) is 9.50 Å². The Bertz CT molecular complexity index is 531. The summed E-state index contributed by atoms with van der Waals surface area (Å²) in [6, 6.07) is 10.6. The Morgan fingerprint density at radius 2 is 2.05 bits per heavy atom. The number of aliphatic hydroxyl groups is 1. The summed E-state index contributed by atoms with van der Waals surface area (Å²) in [5, 5.41) is 9.25. The molecule has 19 heavy (non-hydrogen) atoms. The molecule has 0 saturated heterocycles. The van der Waals surface area contributed by atoms with Crippen LogP contribution in [0.2, 0.25) is 0 Å². The number of halogens is 1. The van der Waals surface area contributed by atoms with Crippen LogP contribution in [0.15, 0.2) is 42.6 Å². The van der Waals surface area contributed by atoms with Crippen LogP contribution in [-0.4, -0.2) is 23.7 Å². The van der Waals surface area contributed by atoms with Gasteiger partial charge in [0, 0.05) is 43.2 Å². The molecule has 0 unspecified atom stereocenters. The fraction of sp³-hybridized carbons (Fsp3) is 0.267. The van der Waals surface area contributed by atoms with Crippen LogP contribution in [0.4, 0.5) is 10.1 Å². The lowest BCUT2D eigenvalue weighted by Crippen LogP contribution is -2.22. The van der Waals surface area contributed by atoms with E-state index in [1.54, 1.807) is 12.3 Å². The topological polar surface area (TPSA) is 36.4 Å². The van der Waals surface area contributed by atoms with Gasteiger partial charge in [0.25, 0.3) is 0 Å². The van der Waals surface area contributed by atoms with Gasteiger partial charge in [0.15, 0.2) is 0 Å². The van der Waals surface area contributed by atoms with Crippen molar-refractivity contribution in [1.29, 1.82) is 0 Å². The fourth-order valence-corrected chi connectivity index (χ4v) is 2.01. The summed E-state index contributed by atoms with van der Waals surface area (Å²) in [5.74, 6) is -0.371. The smallest absolute Gasteiger partial charge is 0.130 e. The summed E-state index contributed by atoms with van der Waals surface area (Å²) in [4.78, 5) is 6.19. The lowest BCUT2D eigenvalue weighted by molar-refractivity contribution is 0.276. The molecule has 0 aliphatic carbocycles. The Hall–Kier alpha value is -1.94. The Morgan fingerprint density at radius 1 is 1.21 bits per heavy atom. The summed E-state index contributed by atoms with van der Waals surface area (Å²) in [6.45, 7) is 0.420. The van der Waals surface area contributed by atoms with Gasteiger partial charge >= 0.3 is 0 Å². The second-order valence-corrected chi connectivity index (χ2v) is 4.39. The predicted molar refractivity (Wildman–Crippen MR) is 73.5 cm³/mol. The molecule has 3 nitrogen and oxygen atoms in total. The summed E-state index contributed by atoms with van der Waals surface area (Å²) in [6.07, 6.45) is 2.54. The molecule has 1 aromatic carbocycles. The van der Waals surface area contributed by atoms with Gasteiger partial charge in [0.1, 0.15) is 5.82 Å². The SMILES string of the molecule is CN(CCc1ccccn1)c1cccc(F)c1CO. The second-order valence-electron chi connectivity index (χ2n) is 4.39. The Kier molecular flexibility index (Phi) is 4.47. The molecule has 4 heteroatoms. The molecule has 0 aliphatic rings. The van der Waals surface area contributed by atoms with Crippen molar-refractivity contribution in [2.45, 2.75) is 13.0 Å². The normalized spacial score (nSPS) is 10.5. The molecule has 0 saturated carbocycles. The minimum atomic E-state index is -0.371. The van der Waals surface area contributed by atoms with Gasteiger partial charge in [-0.1, -0.05) is 12.1 Å². The maximum Gasteiger partial charge on any atom is 0.130 e. The van der Waals surface area contributed by atoms with Crippen molar-refractivity contribution in [3.05, 3.63) is 59.7 Å². The van der Waals surface area contributed by atoms with Gasteiger partial charge in [-0.05, 0) is 24.3 Å². The summed E-state index contributed by atoms with van der Waals surface area (Å²) in [7, 11) is 1.89. The third-order valence-electron chi connectivity index (χ3n) is 3.09. The molecule has 0 atom stereocenters. The summed E-state index contributed by atoms with van der Waals surface area (Å²) < 4.78 is 13.6. The fourth-order valence-electron chi connectivity index (χ4n) is 2.01. The van der Waals surface area contributed by atoms with Gasteiger partial charge in [-0.25, -0.2) is 4.39 Å². The number of anilines is 1. The maximum absolute atomic E-state index is 13.6. The maximum atomic E-state index is 13.6. The molecular formula is C15H17FN2O. The summed E-state index contributed by atoms with van der Waals surface area (Å²) >= 11 is 0. The van der Waals surface area contributed by atoms with E-state index in [1.165, 1.54) is 6.07 Å². The zero-order valence-electron chi connectivity index (χ0n) is 10.9. The van der Waals surface area contributed by atoms with Crippen LogP contribution in [0, 0.1) is 5.82 Å². The molecule has 0 spiro atoms. The third kappa shape index (κ3) is 3.29. The number of rotatable bonds is 5. The zero-order chi connectivity index (χ0) is 13.7. The van der Waals surface area contributed by atoms with Crippen molar-refractivity contribution in [3.63, 3.8) is 0 Å². The number of pyridine rings is 1. The van der Waals surface area contributed by atoms with Gasteiger partial charge in [-0.15, -0.1) is 0 Å². The Balaban J connectivity index is 2.08. The van der Waals surface area contributed by atoms with Crippen molar-refractivity contribution in [3.8, 4) is 0 Å². The quantitative estimate of drug-likeness (QED) is 0.896. The van der Waals surface area contributed by atoms with Crippen LogP contribution >= 0.6 is 0 Å². The monoisotopic (exact) mass is 260 g/mol. The van der Waals surface area contributed by atoms with Gasteiger partial charge in [-0.3, -0.25) is 4.98 Å². The molecule has 0 aliphatic heterocycles. The average molecular weight is 260 g/mol. The van der Waals surface area contributed by atoms with E-state index in [2.05, 4.69) is 4.98 Å².